The van der Waals surface area contributed by atoms with E-state index in [1.54, 1.807) is 12.3 Å². The van der Waals surface area contributed by atoms with Crippen LogP contribution in [0.5, 0.6) is 5.75 Å². The second-order valence-corrected chi connectivity index (χ2v) is 5.25. The molecule has 0 aliphatic heterocycles. The maximum Gasteiger partial charge on any atom is 0.244 e. The third kappa shape index (κ3) is 5.10. The number of hydrogen-bond donors (Lipinski definition) is 2. The fourth-order valence-corrected chi connectivity index (χ4v) is 1.92. The summed E-state index contributed by atoms with van der Waals surface area (Å²) in [5.41, 5.74) is 6.73. The quantitative estimate of drug-likeness (QED) is 0.864. The first-order valence-corrected chi connectivity index (χ1v) is 6.89. The topological polar surface area (TPSA) is 77.2 Å². The molecule has 1 heterocycles. The van der Waals surface area contributed by atoms with Gasteiger partial charge in [0, 0.05) is 18.0 Å². The number of rotatable bonds is 5. The monoisotopic (exact) mass is 355 g/mol. The summed E-state index contributed by atoms with van der Waals surface area (Å²) >= 11 is 0. The lowest BCUT2D eigenvalue weighted by molar-refractivity contribution is -0.118. The van der Waals surface area contributed by atoms with Crippen LogP contribution in [0.4, 0.5) is 5.69 Å². The molecule has 1 aromatic heterocycles. The van der Waals surface area contributed by atoms with Gasteiger partial charge >= 0.3 is 0 Å². The largest absolute Gasteiger partial charge is 0.487 e. The number of aromatic nitrogens is 1. The molecule has 1 amide bonds. The van der Waals surface area contributed by atoms with Crippen molar-refractivity contribution < 1.29 is 9.53 Å². The number of pyridine rings is 1. The van der Waals surface area contributed by atoms with Gasteiger partial charge in [-0.25, -0.2) is 0 Å². The Hall–Kier alpha value is -1.82. The predicted molar refractivity (Wildman–Crippen MR) is 94.3 cm³/mol. The molecule has 5 nitrogen and oxygen atoms in total. The Bertz CT molecular complexity index is 649. The molecule has 0 unspecified atom stereocenters. The van der Waals surface area contributed by atoms with Crippen LogP contribution >= 0.6 is 24.8 Å². The number of carbonyl (C=O) groups excluding carboxylic acids is 1. The van der Waals surface area contributed by atoms with Gasteiger partial charge in [0.05, 0.1) is 11.2 Å². The molecule has 1 saturated carbocycles. The van der Waals surface area contributed by atoms with Crippen molar-refractivity contribution in [2.45, 2.75) is 25.0 Å². The van der Waals surface area contributed by atoms with Gasteiger partial charge < -0.3 is 15.8 Å². The third-order valence-electron chi connectivity index (χ3n) is 3.45. The lowest BCUT2D eigenvalue weighted by Gasteiger charge is -2.11. The van der Waals surface area contributed by atoms with Crippen LogP contribution < -0.4 is 15.8 Å². The molecule has 23 heavy (non-hydrogen) atoms. The van der Waals surface area contributed by atoms with Gasteiger partial charge in [0.2, 0.25) is 5.91 Å². The third-order valence-corrected chi connectivity index (χ3v) is 3.45. The highest BCUT2D eigenvalue weighted by Crippen LogP contribution is 2.33. The minimum absolute atomic E-state index is 0. The van der Waals surface area contributed by atoms with E-state index in [9.17, 15) is 4.79 Å². The van der Waals surface area contributed by atoms with Gasteiger partial charge in [0.15, 0.2) is 0 Å². The number of anilines is 1. The lowest BCUT2D eigenvalue weighted by atomic mass is 10.2. The molecule has 0 spiro atoms. The van der Waals surface area contributed by atoms with Crippen LogP contribution in [0, 0.1) is 0 Å². The second-order valence-electron chi connectivity index (χ2n) is 5.25. The predicted octanol–water partition coefficient (Wildman–Crippen LogP) is 2.93. The van der Waals surface area contributed by atoms with Crippen molar-refractivity contribution in [3.63, 3.8) is 0 Å². The van der Waals surface area contributed by atoms with Crippen LogP contribution in [-0.4, -0.2) is 16.4 Å². The standard InChI is InChI=1S/C16H17N3O2.2ClH/c17-16(7-8-16)15(20)19-12-5-3-6-14(10-12)21-11-13-4-1-2-9-18-13;;/h1-6,9-10H,7-8,11,17H2,(H,19,20);2*1H. The van der Waals surface area contributed by atoms with Crippen molar-refractivity contribution in [3.05, 3.63) is 54.4 Å². The Morgan fingerprint density at radius 1 is 1.22 bits per heavy atom. The Morgan fingerprint density at radius 2 is 2.00 bits per heavy atom. The van der Waals surface area contributed by atoms with Crippen LogP contribution in [0.1, 0.15) is 18.5 Å². The zero-order valence-electron chi connectivity index (χ0n) is 12.4. The van der Waals surface area contributed by atoms with Crippen molar-refractivity contribution >= 4 is 36.4 Å². The molecule has 2 aromatic rings. The van der Waals surface area contributed by atoms with Crippen molar-refractivity contribution in [2.24, 2.45) is 5.73 Å². The highest BCUT2D eigenvalue weighted by Gasteiger charge is 2.45. The smallest absolute Gasteiger partial charge is 0.244 e. The van der Waals surface area contributed by atoms with E-state index in [0.717, 1.165) is 18.5 Å². The first kappa shape index (κ1) is 19.2. The van der Waals surface area contributed by atoms with Gasteiger partial charge in [-0.1, -0.05) is 12.1 Å². The summed E-state index contributed by atoms with van der Waals surface area (Å²) in [5.74, 6) is 0.546. The molecule has 7 heteroatoms. The molecule has 0 saturated heterocycles. The van der Waals surface area contributed by atoms with Crippen LogP contribution in [0.25, 0.3) is 0 Å². The van der Waals surface area contributed by atoms with Crippen LogP contribution in [0.3, 0.4) is 0 Å². The maximum absolute atomic E-state index is 11.9. The van der Waals surface area contributed by atoms with E-state index >= 15 is 0 Å². The van der Waals surface area contributed by atoms with Crippen molar-refractivity contribution in [3.8, 4) is 5.75 Å². The first-order valence-electron chi connectivity index (χ1n) is 6.89. The molecular formula is C16H19Cl2N3O2. The van der Waals surface area contributed by atoms with Gasteiger partial charge in [0.25, 0.3) is 0 Å². The SMILES string of the molecule is Cl.Cl.NC1(C(=O)Nc2cccc(OCc3ccccn3)c2)CC1. The van der Waals surface area contributed by atoms with E-state index in [1.165, 1.54) is 0 Å². The number of hydrogen-bond acceptors (Lipinski definition) is 4. The number of amides is 1. The van der Waals surface area contributed by atoms with Crippen molar-refractivity contribution in [1.82, 2.24) is 4.98 Å². The molecule has 124 valence electrons. The van der Waals surface area contributed by atoms with E-state index < -0.39 is 5.54 Å². The zero-order valence-corrected chi connectivity index (χ0v) is 14.0. The average molecular weight is 356 g/mol. The Labute approximate surface area is 147 Å². The van der Waals surface area contributed by atoms with Crippen LogP contribution in [-0.2, 0) is 11.4 Å². The molecule has 0 bridgehead atoms. The van der Waals surface area contributed by atoms with E-state index in [2.05, 4.69) is 10.3 Å². The summed E-state index contributed by atoms with van der Waals surface area (Å²) in [7, 11) is 0. The number of ether oxygens (including phenoxy) is 1. The highest BCUT2D eigenvalue weighted by molar-refractivity contribution is 6.00. The molecule has 3 rings (SSSR count). The number of nitrogens with zero attached hydrogens (tertiary/aromatic N) is 1. The highest BCUT2D eigenvalue weighted by atomic mass is 35.5. The fraction of sp³-hybridized carbons (Fsp3) is 0.250. The molecule has 1 aliphatic carbocycles. The number of carbonyl (C=O) groups is 1. The minimum Gasteiger partial charge on any atom is -0.487 e. The Morgan fingerprint density at radius 3 is 2.65 bits per heavy atom. The van der Waals surface area contributed by atoms with Crippen molar-refractivity contribution in [2.75, 3.05) is 5.32 Å². The van der Waals surface area contributed by atoms with Crippen LogP contribution in [0.2, 0.25) is 0 Å². The molecule has 1 aliphatic rings. The van der Waals surface area contributed by atoms with Gasteiger partial charge in [-0.15, -0.1) is 24.8 Å². The average Bonchev–Trinajstić information content (AvgIpc) is 3.26. The lowest BCUT2D eigenvalue weighted by Crippen LogP contribution is -2.37. The van der Waals surface area contributed by atoms with Gasteiger partial charge in [-0.2, -0.15) is 0 Å². The molecule has 0 radical (unpaired) electrons. The van der Waals surface area contributed by atoms with E-state index in [1.807, 2.05) is 36.4 Å². The number of halogens is 2. The summed E-state index contributed by atoms with van der Waals surface area (Å²) < 4.78 is 5.67. The Kier molecular flexibility index (Phi) is 6.81. The molecule has 1 fully saturated rings. The summed E-state index contributed by atoms with van der Waals surface area (Å²) in [6.45, 7) is 0.388. The zero-order chi connectivity index (χ0) is 14.7. The van der Waals surface area contributed by atoms with E-state index in [-0.39, 0.29) is 30.7 Å². The fourth-order valence-electron chi connectivity index (χ4n) is 1.92. The Balaban J connectivity index is 0.00000132. The van der Waals surface area contributed by atoms with Crippen LogP contribution in [0.15, 0.2) is 48.7 Å². The summed E-state index contributed by atoms with van der Waals surface area (Å²) in [6, 6.07) is 13.0. The van der Waals surface area contributed by atoms with Gasteiger partial charge in [0.1, 0.15) is 12.4 Å². The summed E-state index contributed by atoms with van der Waals surface area (Å²) in [4.78, 5) is 16.1. The van der Waals surface area contributed by atoms with Gasteiger partial charge in [-0.3, -0.25) is 9.78 Å². The molecule has 3 N–H and O–H groups in total. The number of nitrogens with one attached hydrogen (secondary N) is 1. The normalized spacial score (nSPS) is 14.0. The second kappa shape index (κ2) is 8.15. The minimum atomic E-state index is -0.676. The summed E-state index contributed by atoms with van der Waals surface area (Å²) in [5, 5.41) is 2.82. The molecule has 1 aromatic carbocycles. The maximum atomic E-state index is 11.9. The van der Waals surface area contributed by atoms with Crippen molar-refractivity contribution in [1.29, 1.82) is 0 Å². The molecule has 0 atom stereocenters. The number of nitrogens with two attached hydrogens (primary N) is 1. The van der Waals surface area contributed by atoms with E-state index in [4.69, 9.17) is 10.5 Å². The first-order chi connectivity index (χ1) is 10.2. The van der Waals surface area contributed by atoms with Gasteiger partial charge in [-0.05, 0) is 37.1 Å². The summed E-state index contributed by atoms with van der Waals surface area (Å²) in [6.07, 6.45) is 3.22. The number of benzene rings is 1. The molecular weight excluding hydrogens is 337 g/mol. The van der Waals surface area contributed by atoms with E-state index in [0.29, 0.717) is 18.0 Å².